The number of hydrogen-bond donors (Lipinski definition) is 2. The number of halogens is 5. The Morgan fingerprint density at radius 3 is 2.21 bits per heavy atom. The number of benzene rings is 1. The van der Waals surface area contributed by atoms with Crippen LogP contribution in [0.1, 0.15) is 120 Å². The highest BCUT2D eigenvalue weighted by molar-refractivity contribution is 5.40. The van der Waals surface area contributed by atoms with E-state index in [1.54, 1.807) is 0 Å². The summed E-state index contributed by atoms with van der Waals surface area (Å²) in [5, 5.41) is 21.1. The van der Waals surface area contributed by atoms with Gasteiger partial charge in [-0.1, -0.05) is 51.5 Å². The van der Waals surface area contributed by atoms with Crippen LogP contribution in [-0.2, 0) is 6.42 Å². The van der Waals surface area contributed by atoms with Gasteiger partial charge in [-0.25, -0.2) is 0 Å². The first-order chi connectivity index (χ1) is 19.8. The van der Waals surface area contributed by atoms with Crippen LogP contribution in [0.25, 0.3) is 0 Å². The standard InChI is InChI=1S/C34H52F5NO2/c1-32-23-25(31-27-16-14-26(41)22-24(27)13-15-28(31)29(32)17-18-30(32)42)12-8-7-11-21-40(2)20-10-6-4-3-5-9-19-33(35,36)34(37,38)39/h14,16,22,25,28-31,41-42H,3-13,15,17-21,23H2,1-2H3/t25-,28-,29-,30-,31+,32-/m0/s1. The molecule has 0 heterocycles. The van der Waals surface area contributed by atoms with Crippen molar-refractivity contribution >= 4 is 0 Å². The highest BCUT2D eigenvalue weighted by Crippen LogP contribution is 2.63. The van der Waals surface area contributed by atoms with Crippen molar-refractivity contribution in [1.29, 1.82) is 0 Å². The lowest BCUT2D eigenvalue weighted by molar-refractivity contribution is -0.284. The molecule has 2 fully saturated rings. The van der Waals surface area contributed by atoms with E-state index in [2.05, 4.69) is 24.9 Å². The normalized spacial score (nSPS) is 29.4. The van der Waals surface area contributed by atoms with E-state index in [0.717, 1.165) is 70.9 Å². The molecule has 3 nitrogen and oxygen atoms in total. The summed E-state index contributed by atoms with van der Waals surface area (Å²) in [7, 11) is 2.13. The number of nitrogens with zero attached hydrogens (tertiary/aromatic N) is 1. The number of aryl methyl sites for hydroxylation is 1. The minimum atomic E-state index is -5.44. The molecule has 240 valence electrons. The molecule has 1 aromatic rings. The molecule has 0 bridgehead atoms. The fourth-order valence-electron chi connectivity index (χ4n) is 8.78. The summed E-state index contributed by atoms with van der Waals surface area (Å²) in [5.41, 5.74) is 2.78. The number of alkyl halides is 5. The third kappa shape index (κ3) is 7.80. The second-order valence-corrected chi connectivity index (χ2v) is 14.0. The Labute approximate surface area is 249 Å². The lowest BCUT2D eigenvalue weighted by Gasteiger charge is -2.54. The molecule has 0 aromatic heterocycles. The maximum Gasteiger partial charge on any atom is 0.453 e. The first-order valence-electron chi connectivity index (χ1n) is 16.5. The molecule has 6 atom stereocenters. The molecule has 1 aromatic carbocycles. The quantitative estimate of drug-likeness (QED) is 0.156. The molecule has 0 spiro atoms. The van der Waals surface area contributed by atoms with Gasteiger partial charge in [0.15, 0.2) is 0 Å². The Bertz CT molecular complexity index is 1000. The van der Waals surface area contributed by atoms with Gasteiger partial charge in [0.1, 0.15) is 5.75 Å². The Kier molecular flexibility index (Phi) is 11.3. The monoisotopic (exact) mass is 601 g/mol. The second-order valence-electron chi connectivity index (χ2n) is 14.0. The summed E-state index contributed by atoms with van der Waals surface area (Å²) >= 11 is 0. The van der Waals surface area contributed by atoms with Crippen molar-refractivity contribution in [2.24, 2.45) is 23.2 Å². The fraction of sp³-hybridized carbons (Fsp3) is 0.824. The van der Waals surface area contributed by atoms with Gasteiger partial charge in [0.05, 0.1) is 6.10 Å². The van der Waals surface area contributed by atoms with E-state index < -0.39 is 18.5 Å². The number of aliphatic hydroxyl groups excluding tert-OH is 1. The molecule has 3 aliphatic rings. The topological polar surface area (TPSA) is 43.7 Å². The first kappa shape index (κ1) is 33.5. The molecule has 3 aliphatic carbocycles. The van der Waals surface area contributed by atoms with Crippen LogP contribution in [0.2, 0.25) is 0 Å². The second kappa shape index (κ2) is 14.1. The first-order valence-corrected chi connectivity index (χ1v) is 16.5. The van der Waals surface area contributed by atoms with Gasteiger partial charge in [-0.05, 0) is 130 Å². The van der Waals surface area contributed by atoms with E-state index in [4.69, 9.17) is 0 Å². The number of fused-ring (bicyclic) bond motifs is 5. The van der Waals surface area contributed by atoms with Crippen molar-refractivity contribution in [2.45, 2.75) is 134 Å². The van der Waals surface area contributed by atoms with Gasteiger partial charge in [-0.15, -0.1) is 0 Å². The number of phenols is 1. The Balaban J connectivity index is 1.14. The summed E-state index contributed by atoms with van der Waals surface area (Å²) in [5.74, 6) is -1.91. The summed E-state index contributed by atoms with van der Waals surface area (Å²) in [6, 6.07) is 5.99. The molecule has 2 saturated carbocycles. The van der Waals surface area contributed by atoms with Crippen molar-refractivity contribution in [1.82, 2.24) is 4.90 Å². The fourth-order valence-corrected chi connectivity index (χ4v) is 8.78. The third-order valence-electron chi connectivity index (χ3n) is 11.1. The average molecular weight is 602 g/mol. The summed E-state index contributed by atoms with van der Waals surface area (Å²) < 4.78 is 62.6. The highest BCUT2D eigenvalue weighted by Gasteiger charge is 2.57. The zero-order chi connectivity index (χ0) is 30.5. The zero-order valence-electron chi connectivity index (χ0n) is 25.6. The van der Waals surface area contributed by atoms with Crippen LogP contribution in [0.5, 0.6) is 5.75 Å². The van der Waals surface area contributed by atoms with Gasteiger partial charge in [0.25, 0.3) is 0 Å². The predicted octanol–water partition coefficient (Wildman–Crippen LogP) is 9.26. The minimum absolute atomic E-state index is 0.0224. The molecule has 0 aliphatic heterocycles. The van der Waals surface area contributed by atoms with Crippen molar-refractivity contribution in [3.8, 4) is 5.75 Å². The van der Waals surface area contributed by atoms with E-state index in [-0.39, 0.29) is 17.9 Å². The smallest absolute Gasteiger partial charge is 0.453 e. The van der Waals surface area contributed by atoms with Crippen LogP contribution in [0.15, 0.2) is 18.2 Å². The molecule has 0 radical (unpaired) electrons. The minimum Gasteiger partial charge on any atom is -0.508 e. The van der Waals surface area contributed by atoms with Crippen LogP contribution in [-0.4, -0.2) is 53.5 Å². The number of unbranched alkanes of at least 4 members (excludes halogenated alkanes) is 7. The number of aromatic hydroxyl groups is 1. The van der Waals surface area contributed by atoms with Crippen LogP contribution >= 0.6 is 0 Å². The Morgan fingerprint density at radius 1 is 0.881 bits per heavy atom. The van der Waals surface area contributed by atoms with E-state index in [9.17, 15) is 32.2 Å². The van der Waals surface area contributed by atoms with E-state index in [1.807, 2.05) is 12.1 Å². The van der Waals surface area contributed by atoms with E-state index in [1.165, 1.54) is 30.4 Å². The maximum atomic E-state index is 13.0. The lowest BCUT2D eigenvalue weighted by Crippen LogP contribution is -2.47. The van der Waals surface area contributed by atoms with Gasteiger partial charge in [-0.3, -0.25) is 0 Å². The van der Waals surface area contributed by atoms with Gasteiger partial charge in [0, 0.05) is 6.42 Å². The molecule has 0 unspecified atom stereocenters. The Morgan fingerprint density at radius 2 is 1.52 bits per heavy atom. The van der Waals surface area contributed by atoms with Crippen molar-refractivity contribution in [3.05, 3.63) is 29.3 Å². The average Bonchev–Trinajstić information content (AvgIpc) is 3.22. The van der Waals surface area contributed by atoms with Crippen molar-refractivity contribution in [3.63, 3.8) is 0 Å². The van der Waals surface area contributed by atoms with Crippen LogP contribution in [0.3, 0.4) is 0 Å². The molecule has 0 amide bonds. The van der Waals surface area contributed by atoms with Gasteiger partial charge in [-0.2, -0.15) is 22.0 Å². The molecular weight excluding hydrogens is 549 g/mol. The number of phenolic OH excluding ortho intramolecular Hbond substituents is 1. The van der Waals surface area contributed by atoms with Gasteiger partial charge < -0.3 is 15.1 Å². The number of aliphatic hydroxyl groups is 1. The van der Waals surface area contributed by atoms with Crippen LogP contribution < -0.4 is 0 Å². The van der Waals surface area contributed by atoms with Crippen molar-refractivity contribution in [2.75, 3.05) is 20.1 Å². The number of rotatable bonds is 15. The Hall–Kier alpha value is -1.41. The van der Waals surface area contributed by atoms with Crippen LogP contribution in [0.4, 0.5) is 22.0 Å². The molecular formula is C34H52F5NO2. The summed E-state index contributed by atoms with van der Waals surface area (Å²) in [6.45, 7) is 4.34. The van der Waals surface area contributed by atoms with E-state index >= 15 is 0 Å². The van der Waals surface area contributed by atoms with Gasteiger partial charge >= 0.3 is 12.1 Å². The van der Waals surface area contributed by atoms with Crippen LogP contribution in [0, 0.1) is 23.2 Å². The molecule has 0 saturated heterocycles. The van der Waals surface area contributed by atoms with Gasteiger partial charge in [0.2, 0.25) is 0 Å². The maximum absolute atomic E-state index is 13.0. The predicted molar refractivity (Wildman–Crippen MR) is 157 cm³/mol. The van der Waals surface area contributed by atoms with E-state index in [0.29, 0.717) is 42.3 Å². The highest BCUT2D eigenvalue weighted by atomic mass is 19.4. The third-order valence-corrected chi connectivity index (χ3v) is 11.1. The zero-order valence-corrected chi connectivity index (χ0v) is 25.6. The molecule has 4 rings (SSSR count). The lowest BCUT2D eigenvalue weighted by atomic mass is 9.51. The SMILES string of the molecule is CN(CCCCCCCCC(F)(F)C(F)(F)F)CCCCC[C@H]1C[C@]2(C)[C@@H](O)CC[C@H]2[C@@H]2CCc3cc(O)ccc3[C@@H]12. The molecule has 8 heteroatoms. The van der Waals surface area contributed by atoms with Crippen molar-refractivity contribution < 1.29 is 32.2 Å². The molecule has 2 N–H and O–H groups in total. The number of hydrogen-bond acceptors (Lipinski definition) is 3. The summed E-state index contributed by atoms with van der Waals surface area (Å²) in [4.78, 5) is 2.34. The molecule has 42 heavy (non-hydrogen) atoms. The largest absolute Gasteiger partial charge is 0.508 e. The summed E-state index contributed by atoms with van der Waals surface area (Å²) in [6.07, 6.45) is 7.11.